The van der Waals surface area contributed by atoms with E-state index in [1.54, 1.807) is 0 Å². The number of rotatable bonds is 1. The Bertz CT molecular complexity index is 299. The summed E-state index contributed by atoms with van der Waals surface area (Å²) in [5.41, 5.74) is 3.13. The van der Waals surface area contributed by atoms with Gasteiger partial charge >= 0.3 is 0 Å². The molecule has 0 saturated carbocycles. The van der Waals surface area contributed by atoms with Crippen molar-refractivity contribution in [1.82, 2.24) is 0 Å². The van der Waals surface area contributed by atoms with Gasteiger partial charge in [0.2, 0.25) is 5.78 Å². The zero-order chi connectivity index (χ0) is 10.6. The molecule has 1 unspecified atom stereocenters. The number of carbonyl (C=O) groups is 1. The highest BCUT2D eigenvalue weighted by Gasteiger charge is 2.17. The number of hydrogen-bond donors (Lipinski definition) is 0. The summed E-state index contributed by atoms with van der Waals surface area (Å²) in [6, 6.07) is 0. The zero-order valence-corrected chi connectivity index (χ0v) is 10.3. The van der Waals surface area contributed by atoms with E-state index in [1.165, 1.54) is 0 Å². The van der Waals surface area contributed by atoms with Gasteiger partial charge in [-0.3, -0.25) is 4.79 Å². The highest BCUT2D eigenvalue weighted by Crippen LogP contribution is 2.18. The lowest BCUT2D eigenvalue weighted by Crippen LogP contribution is -2.19. The molecule has 0 aliphatic heterocycles. The van der Waals surface area contributed by atoms with Crippen molar-refractivity contribution in [3.8, 4) is 11.5 Å². The van der Waals surface area contributed by atoms with Crippen molar-refractivity contribution in [3.63, 3.8) is 0 Å². The first kappa shape index (κ1) is 11.3. The van der Waals surface area contributed by atoms with Gasteiger partial charge in [0.1, 0.15) is 8.07 Å². The molecule has 0 spiro atoms. The predicted molar refractivity (Wildman–Crippen MR) is 62.6 cm³/mol. The smallest absolute Gasteiger partial charge is 0.208 e. The summed E-state index contributed by atoms with van der Waals surface area (Å²) in [5.74, 6) is 3.15. The normalized spacial score (nSPS) is 21.2. The highest BCUT2D eigenvalue weighted by atomic mass is 28.3. The third kappa shape index (κ3) is 3.93. The van der Waals surface area contributed by atoms with Gasteiger partial charge in [0.15, 0.2) is 0 Å². The average Bonchev–Trinajstić information content (AvgIpc) is 2.14. The van der Waals surface area contributed by atoms with E-state index in [1.807, 2.05) is 0 Å². The third-order valence-corrected chi connectivity index (χ3v) is 3.08. The van der Waals surface area contributed by atoms with Gasteiger partial charge in [-0.15, -0.1) is 5.54 Å². The van der Waals surface area contributed by atoms with Crippen LogP contribution in [0.15, 0.2) is 12.2 Å². The van der Waals surface area contributed by atoms with Crippen molar-refractivity contribution >= 4 is 13.9 Å². The summed E-state index contributed by atoms with van der Waals surface area (Å²) >= 11 is 0. The number of ketones is 1. The van der Waals surface area contributed by atoms with Crippen LogP contribution >= 0.6 is 0 Å². The van der Waals surface area contributed by atoms with Gasteiger partial charge in [0, 0.05) is 5.92 Å². The van der Waals surface area contributed by atoms with Crippen LogP contribution in [0, 0.1) is 17.4 Å². The molecule has 1 aliphatic carbocycles. The quantitative estimate of drug-likeness (QED) is 0.366. The van der Waals surface area contributed by atoms with Crippen LogP contribution in [0.3, 0.4) is 0 Å². The minimum Gasteiger partial charge on any atom is -0.285 e. The second-order valence-corrected chi connectivity index (χ2v) is 9.60. The van der Waals surface area contributed by atoms with Crippen LogP contribution in [0.2, 0.25) is 19.6 Å². The van der Waals surface area contributed by atoms with Crippen LogP contribution < -0.4 is 0 Å². The van der Waals surface area contributed by atoms with Crippen molar-refractivity contribution in [1.29, 1.82) is 0 Å². The van der Waals surface area contributed by atoms with E-state index in [2.05, 4.69) is 43.3 Å². The summed E-state index contributed by atoms with van der Waals surface area (Å²) in [6.45, 7) is 6.48. The van der Waals surface area contributed by atoms with E-state index < -0.39 is 8.07 Å². The van der Waals surface area contributed by atoms with Gasteiger partial charge in [-0.2, -0.15) is 0 Å². The van der Waals surface area contributed by atoms with E-state index in [0.717, 1.165) is 19.3 Å². The molecular weight excluding hydrogens is 188 g/mol. The Hall–Kier alpha value is -0.813. The van der Waals surface area contributed by atoms with E-state index in [0.29, 0.717) is 0 Å². The lowest BCUT2D eigenvalue weighted by molar-refractivity contribution is -0.117. The molecule has 1 atom stereocenters. The summed E-state index contributed by atoms with van der Waals surface area (Å²) in [6.07, 6.45) is 7.15. The molecule has 0 amide bonds. The number of allylic oxidation sites excluding steroid dienone is 2. The Balaban J connectivity index is 2.56. The topological polar surface area (TPSA) is 17.1 Å². The summed E-state index contributed by atoms with van der Waals surface area (Å²) in [4.78, 5) is 11.7. The minimum absolute atomic E-state index is 0.150. The molecule has 0 bridgehead atoms. The molecule has 0 N–H and O–H groups in total. The molecule has 14 heavy (non-hydrogen) atoms. The van der Waals surface area contributed by atoms with Gasteiger partial charge in [0.05, 0.1) is 0 Å². The largest absolute Gasteiger partial charge is 0.285 e. The average molecular weight is 206 g/mol. The molecule has 2 heteroatoms. The molecule has 0 aromatic rings. The third-order valence-electron chi connectivity index (χ3n) is 2.20. The molecule has 1 aliphatic rings. The molecule has 0 radical (unpaired) electrons. The lowest BCUT2D eigenvalue weighted by atomic mass is 9.91. The summed E-state index contributed by atoms with van der Waals surface area (Å²) in [5, 5.41) is 0. The molecule has 1 rings (SSSR count). The molecule has 1 nitrogen and oxygen atoms in total. The van der Waals surface area contributed by atoms with Crippen LogP contribution in [0.25, 0.3) is 0 Å². The van der Waals surface area contributed by atoms with Crippen molar-refractivity contribution < 1.29 is 4.79 Å². The van der Waals surface area contributed by atoms with Crippen LogP contribution in [0.1, 0.15) is 19.3 Å². The maximum absolute atomic E-state index is 11.7. The Labute approximate surface area is 87.6 Å². The fourth-order valence-corrected chi connectivity index (χ4v) is 1.88. The fourth-order valence-electron chi connectivity index (χ4n) is 1.38. The van der Waals surface area contributed by atoms with E-state index in [4.69, 9.17) is 0 Å². The molecule has 0 aromatic carbocycles. The molecular formula is C12H18OSi. The van der Waals surface area contributed by atoms with Crippen LogP contribution in [-0.2, 0) is 4.79 Å². The van der Waals surface area contributed by atoms with Crippen LogP contribution in [0.4, 0.5) is 0 Å². The minimum atomic E-state index is -1.38. The second kappa shape index (κ2) is 4.61. The van der Waals surface area contributed by atoms with E-state index in [9.17, 15) is 4.79 Å². The highest BCUT2D eigenvalue weighted by molar-refractivity contribution is 6.84. The monoisotopic (exact) mass is 206 g/mol. The molecule has 0 heterocycles. The van der Waals surface area contributed by atoms with Crippen molar-refractivity contribution in [2.75, 3.05) is 0 Å². The van der Waals surface area contributed by atoms with Gasteiger partial charge in [-0.05, 0) is 25.2 Å². The summed E-state index contributed by atoms with van der Waals surface area (Å²) < 4.78 is 0. The Morgan fingerprint density at radius 3 is 2.57 bits per heavy atom. The Morgan fingerprint density at radius 1 is 1.36 bits per heavy atom. The van der Waals surface area contributed by atoms with Gasteiger partial charge in [-0.1, -0.05) is 31.8 Å². The first-order valence-corrected chi connectivity index (χ1v) is 8.71. The molecule has 0 saturated heterocycles. The Kier molecular flexibility index (Phi) is 3.71. The van der Waals surface area contributed by atoms with Crippen molar-refractivity contribution in [2.24, 2.45) is 5.92 Å². The summed E-state index contributed by atoms with van der Waals surface area (Å²) in [7, 11) is -1.38. The number of carbonyl (C=O) groups excluding carboxylic acids is 1. The standard InChI is InChI=1S/C12H18OSi/c1-14(2,3)10-9-12(13)11-7-5-4-6-8-11/h4-5,11H,6-8H2,1-3H3. The predicted octanol–water partition coefficient (Wildman–Crippen LogP) is 2.79. The number of Topliss-reactive ketones (excluding diaryl/α,β-unsaturated/α-hetero) is 1. The van der Waals surface area contributed by atoms with Crippen molar-refractivity contribution in [2.45, 2.75) is 38.9 Å². The van der Waals surface area contributed by atoms with Gasteiger partial charge in [0.25, 0.3) is 0 Å². The van der Waals surface area contributed by atoms with E-state index in [-0.39, 0.29) is 11.7 Å². The van der Waals surface area contributed by atoms with Gasteiger partial charge < -0.3 is 0 Å². The fraction of sp³-hybridized carbons (Fsp3) is 0.583. The Morgan fingerprint density at radius 2 is 2.07 bits per heavy atom. The number of hydrogen-bond acceptors (Lipinski definition) is 1. The maximum Gasteiger partial charge on any atom is 0.208 e. The molecule has 0 aromatic heterocycles. The molecule has 76 valence electrons. The van der Waals surface area contributed by atoms with Crippen LogP contribution in [0.5, 0.6) is 0 Å². The van der Waals surface area contributed by atoms with Gasteiger partial charge in [-0.25, -0.2) is 0 Å². The lowest BCUT2D eigenvalue weighted by Gasteiger charge is -2.13. The van der Waals surface area contributed by atoms with E-state index >= 15 is 0 Å². The van der Waals surface area contributed by atoms with Crippen molar-refractivity contribution in [3.05, 3.63) is 12.2 Å². The second-order valence-electron chi connectivity index (χ2n) is 4.85. The van der Waals surface area contributed by atoms with Crippen LogP contribution in [-0.4, -0.2) is 13.9 Å². The molecule has 0 fully saturated rings. The SMILES string of the molecule is C[Si](C)(C)C#CC(=O)C1CC=CCC1. The first-order chi connectivity index (χ1) is 6.49. The maximum atomic E-state index is 11.7. The first-order valence-electron chi connectivity index (χ1n) is 5.21. The zero-order valence-electron chi connectivity index (χ0n) is 9.26.